The molecule has 1 aliphatic rings. The minimum absolute atomic E-state index is 0.471. The molecule has 0 amide bonds. The Morgan fingerprint density at radius 2 is 1.62 bits per heavy atom. The molecule has 5 atom stereocenters. The predicted octanol–water partition coefficient (Wildman–Crippen LogP) is 2.19. The number of halogens is 3. The van der Waals surface area contributed by atoms with Crippen LogP contribution in [-0.2, 0) is 11.2 Å². The number of ether oxygens (including phenoxy) is 2. The third-order valence-corrected chi connectivity index (χ3v) is 3.84. The maximum Gasteiger partial charge on any atom is 0.229 e. The first-order chi connectivity index (χ1) is 12.3. The van der Waals surface area contributed by atoms with Gasteiger partial charge in [0.15, 0.2) is 4.30 Å². The Morgan fingerprint density at radius 1 is 1.04 bits per heavy atom. The Labute approximate surface area is 168 Å². The first-order valence-corrected chi connectivity index (χ1v) is 9.59. The normalized spacial score (nSPS) is 28.4. The van der Waals surface area contributed by atoms with Gasteiger partial charge in [0.2, 0.25) is 6.29 Å². The van der Waals surface area contributed by atoms with Crippen LogP contribution in [0, 0.1) is 0 Å². The molecule has 0 aliphatic carbocycles. The van der Waals surface area contributed by atoms with Crippen molar-refractivity contribution in [3.8, 4) is 5.75 Å². The number of unbranched alkanes of at least 4 members (excludes halogenated alkanes) is 1. The van der Waals surface area contributed by atoms with Crippen molar-refractivity contribution < 1.29 is 29.9 Å². The summed E-state index contributed by atoms with van der Waals surface area (Å²) in [6, 6.07) is 7.42. The topological polar surface area (TPSA) is 99.4 Å². The molecular formula is C17H25Cl3O6. The molecule has 5 unspecified atom stereocenters. The van der Waals surface area contributed by atoms with Crippen LogP contribution in [0.2, 0.25) is 0 Å². The lowest BCUT2D eigenvalue weighted by Gasteiger charge is -2.39. The average Bonchev–Trinajstić information content (AvgIpc) is 2.61. The molecule has 1 aliphatic heterocycles. The summed E-state index contributed by atoms with van der Waals surface area (Å²) in [6.45, 7) is 1.66. The van der Waals surface area contributed by atoms with Gasteiger partial charge in [-0.2, -0.15) is 0 Å². The smallest absolute Gasteiger partial charge is 0.229 e. The molecule has 0 bridgehead atoms. The molecule has 26 heavy (non-hydrogen) atoms. The standard InChI is InChI=1S/C16H24O6.CHCl3/c1-2-3-4-10-5-7-11(8-6-10)21-16-15(20)14(19)13(18)12(9-17)22-16;2-1(3)4/h5-8,12-20H,2-4,9H2,1H3;1H. The highest BCUT2D eigenvalue weighted by Crippen LogP contribution is 2.24. The quantitative estimate of drug-likeness (QED) is 0.515. The number of hydrogen-bond acceptors (Lipinski definition) is 6. The van der Waals surface area contributed by atoms with Gasteiger partial charge in [-0.3, -0.25) is 0 Å². The van der Waals surface area contributed by atoms with Gasteiger partial charge in [-0.05, 0) is 30.5 Å². The summed E-state index contributed by atoms with van der Waals surface area (Å²) in [5, 5.41) is 38.5. The predicted molar refractivity (Wildman–Crippen MR) is 101 cm³/mol. The minimum atomic E-state index is -1.43. The molecule has 0 spiro atoms. The zero-order chi connectivity index (χ0) is 19.7. The molecule has 0 saturated carbocycles. The third-order valence-electron chi connectivity index (χ3n) is 3.84. The highest BCUT2D eigenvalue weighted by atomic mass is 35.6. The fraction of sp³-hybridized carbons (Fsp3) is 0.647. The van der Waals surface area contributed by atoms with E-state index in [2.05, 4.69) is 6.92 Å². The van der Waals surface area contributed by atoms with Crippen molar-refractivity contribution in [2.45, 2.75) is 61.2 Å². The molecule has 4 N–H and O–H groups in total. The summed E-state index contributed by atoms with van der Waals surface area (Å²) in [5.74, 6) is 0.490. The van der Waals surface area contributed by atoms with E-state index >= 15 is 0 Å². The summed E-state index contributed by atoms with van der Waals surface area (Å²) in [4.78, 5) is 0. The summed E-state index contributed by atoms with van der Waals surface area (Å²) < 4.78 is 10.1. The largest absolute Gasteiger partial charge is 0.462 e. The number of benzene rings is 1. The van der Waals surface area contributed by atoms with Gasteiger partial charge in [0.1, 0.15) is 30.2 Å². The Balaban J connectivity index is 0.000000765. The van der Waals surface area contributed by atoms with Crippen LogP contribution in [0.1, 0.15) is 25.3 Å². The van der Waals surface area contributed by atoms with Crippen LogP contribution in [0.5, 0.6) is 5.75 Å². The van der Waals surface area contributed by atoms with E-state index in [9.17, 15) is 15.3 Å². The monoisotopic (exact) mass is 430 g/mol. The molecule has 2 rings (SSSR count). The van der Waals surface area contributed by atoms with Gasteiger partial charge < -0.3 is 29.9 Å². The Morgan fingerprint density at radius 3 is 2.12 bits per heavy atom. The summed E-state index contributed by atoms with van der Waals surface area (Å²) >= 11 is 14.4. The van der Waals surface area contributed by atoms with Crippen molar-refractivity contribution in [2.24, 2.45) is 0 Å². The van der Waals surface area contributed by atoms with E-state index in [0.717, 1.165) is 19.3 Å². The van der Waals surface area contributed by atoms with Gasteiger partial charge in [0.05, 0.1) is 6.61 Å². The highest BCUT2D eigenvalue weighted by molar-refractivity contribution is 6.63. The van der Waals surface area contributed by atoms with E-state index in [0.29, 0.717) is 5.75 Å². The second kappa shape index (κ2) is 12.2. The van der Waals surface area contributed by atoms with E-state index in [1.165, 1.54) is 5.56 Å². The molecule has 1 fully saturated rings. The summed E-state index contributed by atoms with van der Waals surface area (Å²) in [5.41, 5.74) is 1.20. The number of rotatable bonds is 6. The Kier molecular flexibility index (Phi) is 11.1. The lowest BCUT2D eigenvalue weighted by molar-refractivity contribution is -0.277. The average molecular weight is 432 g/mol. The van der Waals surface area contributed by atoms with Crippen LogP contribution >= 0.6 is 34.8 Å². The van der Waals surface area contributed by atoms with Crippen molar-refractivity contribution in [3.63, 3.8) is 0 Å². The fourth-order valence-electron chi connectivity index (χ4n) is 2.41. The van der Waals surface area contributed by atoms with Crippen LogP contribution < -0.4 is 4.74 Å². The van der Waals surface area contributed by atoms with Crippen molar-refractivity contribution in [1.82, 2.24) is 0 Å². The van der Waals surface area contributed by atoms with Crippen LogP contribution in [-0.4, -0.2) is 62.0 Å². The van der Waals surface area contributed by atoms with Gasteiger partial charge in [-0.1, -0.05) is 60.3 Å². The molecule has 1 aromatic rings. The first kappa shape index (κ1) is 23.7. The molecule has 0 aromatic heterocycles. The summed E-state index contributed by atoms with van der Waals surface area (Å²) in [7, 11) is 0. The Hall–Kier alpha value is -0.310. The van der Waals surface area contributed by atoms with Crippen molar-refractivity contribution in [1.29, 1.82) is 0 Å². The zero-order valence-electron chi connectivity index (χ0n) is 14.3. The van der Waals surface area contributed by atoms with E-state index in [4.69, 9.17) is 49.4 Å². The zero-order valence-corrected chi connectivity index (χ0v) is 16.6. The molecule has 1 heterocycles. The van der Waals surface area contributed by atoms with Gasteiger partial charge in [0.25, 0.3) is 0 Å². The van der Waals surface area contributed by atoms with Crippen LogP contribution in [0.25, 0.3) is 0 Å². The van der Waals surface area contributed by atoms with E-state index in [1.807, 2.05) is 12.1 Å². The molecule has 150 valence electrons. The fourth-order valence-corrected chi connectivity index (χ4v) is 2.41. The number of hydrogen-bond donors (Lipinski definition) is 4. The van der Waals surface area contributed by atoms with Gasteiger partial charge in [0, 0.05) is 0 Å². The third kappa shape index (κ3) is 7.74. The van der Waals surface area contributed by atoms with E-state index in [-0.39, 0.29) is 0 Å². The highest BCUT2D eigenvalue weighted by Gasteiger charge is 2.44. The van der Waals surface area contributed by atoms with Crippen LogP contribution in [0.15, 0.2) is 24.3 Å². The van der Waals surface area contributed by atoms with Gasteiger partial charge in [-0.15, -0.1) is 0 Å². The second-order valence-electron chi connectivity index (χ2n) is 5.81. The van der Waals surface area contributed by atoms with E-state index in [1.54, 1.807) is 12.1 Å². The van der Waals surface area contributed by atoms with Crippen molar-refractivity contribution in [2.75, 3.05) is 6.61 Å². The van der Waals surface area contributed by atoms with Crippen molar-refractivity contribution >= 4 is 34.8 Å². The molecule has 6 nitrogen and oxygen atoms in total. The Bertz CT molecular complexity index is 497. The SMILES string of the molecule is CCCCc1ccc(OC2OC(CO)C(O)C(O)C2O)cc1.ClC(Cl)Cl. The maximum atomic E-state index is 9.91. The van der Waals surface area contributed by atoms with E-state index < -0.39 is 41.6 Å². The minimum Gasteiger partial charge on any atom is -0.462 e. The summed E-state index contributed by atoms with van der Waals surface area (Å²) in [6.07, 6.45) is -3.06. The lowest BCUT2D eigenvalue weighted by Crippen LogP contribution is -2.60. The lowest BCUT2D eigenvalue weighted by atomic mass is 9.99. The van der Waals surface area contributed by atoms with Crippen LogP contribution in [0.4, 0.5) is 0 Å². The van der Waals surface area contributed by atoms with Gasteiger partial charge in [-0.25, -0.2) is 0 Å². The maximum absolute atomic E-state index is 9.91. The molecular weight excluding hydrogens is 407 g/mol. The number of aliphatic hydroxyl groups excluding tert-OH is 4. The van der Waals surface area contributed by atoms with Crippen molar-refractivity contribution in [3.05, 3.63) is 29.8 Å². The second-order valence-corrected chi connectivity index (χ2v) is 7.79. The molecule has 1 aromatic carbocycles. The molecule has 1 saturated heterocycles. The molecule has 0 radical (unpaired) electrons. The number of aliphatic hydroxyl groups is 4. The number of alkyl halides is 3. The van der Waals surface area contributed by atoms with Crippen LogP contribution in [0.3, 0.4) is 0 Å². The first-order valence-electron chi connectivity index (χ1n) is 8.28. The van der Waals surface area contributed by atoms with Gasteiger partial charge >= 0.3 is 0 Å². The molecule has 9 heteroatoms. The number of aryl methyl sites for hydroxylation is 1.